The van der Waals surface area contributed by atoms with E-state index >= 15 is 0 Å². The fraction of sp³-hybridized carbons (Fsp3) is 0.250. The number of carbonyl (C=O) groups is 1. The number of aliphatic imine (C=N–C) groups is 1. The van der Waals surface area contributed by atoms with Gasteiger partial charge in [0.15, 0.2) is 5.13 Å². The molecule has 0 radical (unpaired) electrons. The van der Waals surface area contributed by atoms with E-state index in [9.17, 15) is 13.2 Å². The van der Waals surface area contributed by atoms with E-state index in [0.29, 0.717) is 35.0 Å². The molecule has 9 heteroatoms. The molecule has 1 amide bonds. The lowest BCUT2D eigenvalue weighted by Gasteiger charge is -2.09. The van der Waals surface area contributed by atoms with Gasteiger partial charge in [0.1, 0.15) is 5.84 Å². The Balaban J connectivity index is 1.55. The van der Waals surface area contributed by atoms with Crippen molar-refractivity contribution in [3.8, 4) is 0 Å². The van der Waals surface area contributed by atoms with Gasteiger partial charge < -0.3 is 0 Å². The van der Waals surface area contributed by atoms with Crippen LogP contribution in [-0.4, -0.2) is 31.7 Å². The van der Waals surface area contributed by atoms with Gasteiger partial charge in [-0.25, -0.2) is 13.4 Å². The van der Waals surface area contributed by atoms with Crippen LogP contribution >= 0.6 is 11.3 Å². The van der Waals surface area contributed by atoms with Crippen molar-refractivity contribution in [1.29, 1.82) is 0 Å². The lowest BCUT2D eigenvalue weighted by atomic mass is 10.2. The number of amides is 1. The van der Waals surface area contributed by atoms with Crippen molar-refractivity contribution in [2.45, 2.75) is 30.6 Å². The highest BCUT2D eigenvalue weighted by atomic mass is 32.2. The SMILES string of the molecule is O=C(Nc1nc2cc(S(=O)(=O)NC3=NCCCCC3)ccc2s1)c1ccccc1. The highest BCUT2D eigenvalue weighted by Gasteiger charge is 2.19. The fourth-order valence-electron chi connectivity index (χ4n) is 3.06. The largest absolute Gasteiger partial charge is 0.298 e. The third-order valence-electron chi connectivity index (χ3n) is 4.55. The van der Waals surface area contributed by atoms with Gasteiger partial charge in [-0.2, -0.15) is 0 Å². The van der Waals surface area contributed by atoms with Crippen LogP contribution in [0.15, 0.2) is 58.4 Å². The molecule has 1 aliphatic heterocycles. The molecule has 2 N–H and O–H groups in total. The van der Waals surface area contributed by atoms with Crippen LogP contribution in [0.1, 0.15) is 36.0 Å². The summed E-state index contributed by atoms with van der Waals surface area (Å²) in [5.41, 5.74) is 1.05. The van der Waals surface area contributed by atoms with Gasteiger partial charge in [-0.3, -0.25) is 19.8 Å². The Kier molecular flexibility index (Phi) is 5.59. The van der Waals surface area contributed by atoms with Crippen molar-refractivity contribution < 1.29 is 13.2 Å². The molecular formula is C20H20N4O3S2. The smallest absolute Gasteiger partial charge is 0.262 e. The van der Waals surface area contributed by atoms with Gasteiger partial charge in [0, 0.05) is 18.5 Å². The lowest BCUT2D eigenvalue weighted by molar-refractivity contribution is 0.102. The highest BCUT2D eigenvalue weighted by molar-refractivity contribution is 7.90. The average molecular weight is 429 g/mol. The van der Waals surface area contributed by atoms with Crippen molar-refractivity contribution in [1.82, 2.24) is 9.71 Å². The van der Waals surface area contributed by atoms with Gasteiger partial charge in [0.25, 0.3) is 15.9 Å². The summed E-state index contributed by atoms with van der Waals surface area (Å²) in [4.78, 5) is 21.1. The zero-order valence-corrected chi connectivity index (χ0v) is 17.2. The second-order valence-electron chi connectivity index (χ2n) is 6.71. The summed E-state index contributed by atoms with van der Waals surface area (Å²) in [6.45, 7) is 0.646. The number of rotatable bonds is 4. The average Bonchev–Trinajstić information content (AvgIpc) is 2.94. The lowest BCUT2D eigenvalue weighted by Crippen LogP contribution is -2.30. The normalized spacial score (nSPS) is 14.8. The number of nitrogens with zero attached hydrogens (tertiary/aromatic N) is 2. The first-order valence-electron chi connectivity index (χ1n) is 9.34. The Hall–Kier alpha value is -2.78. The molecule has 0 aliphatic carbocycles. The van der Waals surface area contributed by atoms with Crippen LogP contribution in [0.2, 0.25) is 0 Å². The molecule has 0 unspecified atom stereocenters. The number of hydrogen-bond donors (Lipinski definition) is 2. The third-order valence-corrected chi connectivity index (χ3v) is 6.88. The van der Waals surface area contributed by atoms with Crippen molar-refractivity contribution in [3.63, 3.8) is 0 Å². The number of aromatic nitrogens is 1. The van der Waals surface area contributed by atoms with Gasteiger partial charge in [-0.05, 0) is 43.2 Å². The Morgan fingerprint density at radius 2 is 1.86 bits per heavy atom. The van der Waals surface area contributed by atoms with E-state index in [4.69, 9.17) is 0 Å². The summed E-state index contributed by atoms with van der Waals surface area (Å²) < 4.78 is 28.9. The van der Waals surface area contributed by atoms with Crippen LogP contribution in [0.4, 0.5) is 5.13 Å². The van der Waals surface area contributed by atoms with Crippen LogP contribution in [-0.2, 0) is 10.0 Å². The van der Waals surface area contributed by atoms with Crippen molar-refractivity contribution in [2.75, 3.05) is 11.9 Å². The molecule has 4 rings (SSSR count). The number of hydrogen-bond acceptors (Lipinski definition) is 6. The van der Waals surface area contributed by atoms with E-state index < -0.39 is 10.0 Å². The fourth-order valence-corrected chi connectivity index (χ4v) is 5.01. The molecule has 1 aliphatic rings. The molecule has 29 heavy (non-hydrogen) atoms. The van der Waals surface area contributed by atoms with Gasteiger partial charge in [0.05, 0.1) is 15.1 Å². The van der Waals surface area contributed by atoms with Crippen LogP contribution in [0.5, 0.6) is 0 Å². The molecule has 0 fully saturated rings. The van der Waals surface area contributed by atoms with Crippen molar-refractivity contribution in [3.05, 3.63) is 54.1 Å². The number of benzene rings is 2. The van der Waals surface area contributed by atoms with Gasteiger partial charge in [-0.15, -0.1) is 0 Å². The molecule has 2 heterocycles. The molecule has 0 saturated heterocycles. The third kappa shape index (κ3) is 4.63. The van der Waals surface area contributed by atoms with E-state index in [0.717, 1.165) is 24.0 Å². The Bertz CT molecular complexity index is 1170. The summed E-state index contributed by atoms with van der Waals surface area (Å²) in [7, 11) is -3.73. The molecule has 3 aromatic rings. The maximum Gasteiger partial charge on any atom is 0.262 e. The van der Waals surface area contributed by atoms with E-state index in [1.165, 1.54) is 17.4 Å². The number of thiazole rings is 1. The second kappa shape index (κ2) is 8.30. The van der Waals surface area contributed by atoms with E-state index in [1.807, 2.05) is 6.07 Å². The molecule has 0 bridgehead atoms. The minimum absolute atomic E-state index is 0.128. The van der Waals surface area contributed by atoms with Crippen LogP contribution in [0, 0.1) is 0 Å². The number of anilines is 1. The topological polar surface area (TPSA) is 101 Å². The molecule has 0 atom stereocenters. The van der Waals surface area contributed by atoms with E-state index in [1.54, 1.807) is 36.4 Å². The zero-order chi connectivity index (χ0) is 20.3. The molecule has 2 aromatic carbocycles. The van der Waals surface area contributed by atoms with Crippen molar-refractivity contribution >= 4 is 48.5 Å². The Morgan fingerprint density at radius 1 is 1.03 bits per heavy atom. The zero-order valence-electron chi connectivity index (χ0n) is 15.6. The minimum atomic E-state index is -3.73. The van der Waals surface area contributed by atoms with Crippen LogP contribution in [0.3, 0.4) is 0 Å². The van der Waals surface area contributed by atoms with E-state index in [-0.39, 0.29) is 10.8 Å². The standard InChI is InChI=1S/C20H20N4O3S2/c25-19(14-7-3-1-4-8-14)23-20-22-16-13-15(10-11-17(16)28-20)29(26,27)24-18-9-5-2-6-12-21-18/h1,3-4,7-8,10-11,13H,2,5-6,9,12H2,(H,21,24)(H,22,23,25). The summed E-state index contributed by atoms with van der Waals surface area (Å²) in [6, 6.07) is 13.6. The number of sulfonamides is 1. The number of nitrogens with one attached hydrogen (secondary N) is 2. The van der Waals surface area contributed by atoms with Crippen LogP contribution < -0.4 is 10.0 Å². The highest BCUT2D eigenvalue weighted by Crippen LogP contribution is 2.28. The molecule has 0 saturated carbocycles. The van der Waals surface area contributed by atoms with Gasteiger partial charge in [0.2, 0.25) is 0 Å². The Labute approximate surface area is 172 Å². The first-order valence-corrected chi connectivity index (χ1v) is 11.6. The van der Waals surface area contributed by atoms with E-state index in [2.05, 4.69) is 20.0 Å². The second-order valence-corrected chi connectivity index (χ2v) is 9.43. The summed E-state index contributed by atoms with van der Waals surface area (Å²) in [6.07, 6.45) is 3.59. The summed E-state index contributed by atoms with van der Waals surface area (Å²) >= 11 is 1.30. The van der Waals surface area contributed by atoms with Crippen molar-refractivity contribution in [2.24, 2.45) is 4.99 Å². The number of amidine groups is 1. The minimum Gasteiger partial charge on any atom is -0.298 e. The summed E-state index contributed by atoms with van der Waals surface area (Å²) in [5, 5.41) is 3.18. The predicted molar refractivity (Wildman–Crippen MR) is 115 cm³/mol. The first kappa shape index (κ1) is 19.5. The monoisotopic (exact) mass is 428 g/mol. The number of fused-ring (bicyclic) bond motifs is 1. The maximum atomic E-state index is 12.7. The van der Waals surface area contributed by atoms with Gasteiger partial charge in [-0.1, -0.05) is 36.0 Å². The molecule has 0 spiro atoms. The molecule has 150 valence electrons. The summed E-state index contributed by atoms with van der Waals surface area (Å²) in [5.74, 6) is 0.252. The quantitative estimate of drug-likeness (QED) is 0.660. The maximum absolute atomic E-state index is 12.7. The molecule has 7 nitrogen and oxygen atoms in total. The Morgan fingerprint density at radius 3 is 2.69 bits per heavy atom. The number of carbonyl (C=O) groups excluding carboxylic acids is 1. The predicted octanol–water partition coefficient (Wildman–Crippen LogP) is 3.80. The molecular weight excluding hydrogens is 408 g/mol. The first-order chi connectivity index (χ1) is 14.0. The van der Waals surface area contributed by atoms with Crippen LogP contribution in [0.25, 0.3) is 10.2 Å². The van der Waals surface area contributed by atoms with Gasteiger partial charge >= 0.3 is 0 Å². The molecule has 1 aromatic heterocycles.